The molecule has 17 heavy (non-hydrogen) atoms. The van der Waals surface area contributed by atoms with Gasteiger partial charge in [-0.25, -0.2) is 4.79 Å². The molecule has 8 nitrogen and oxygen atoms in total. The molecule has 0 fully saturated rings. The van der Waals surface area contributed by atoms with E-state index in [9.17, 15) is 21.6 Å². The number of rotatable bonds is 7. The Morgan fingerprint density at radius 3 is 2.06 bits per heavy atom. The van der Waals surface area contributed by atoms with E-state index in [2.05, 4.69) is 11.3 Å². The summed E-state index contributed by atoms with van der Waals surface area (Å²) in [7, 11) is -8.48. The van der Waals surface area contributed by atoms with Gasteiger partial charge in [0.15, 0.2) is 0 Å². The van der Waals surface area contributed by atoms with Gasteiger partial charge in [0, 0.05) is 5.57 Å². The van der Waals surface area contributed by atoms with Crippen molar-refractivity contribution in [1.82, 2.24) is 0 Å². The molecule has 0 spiro atoms. The van der Waals surface area contributed by atoms with Gasteiger partial charge in [-0.05, 0) is 6.42 Å². The van der Waals surface area contributed by atoms with Gasteiger partial charge in [0.2, 0.25) is 0 Å². The number of hydrogen-bond donors (Lipinski definition) is 2. The first-order valence-electron chi connectivity index (χ1n) is 4.26. The van der Waals surface area contributed by atoms with E-state index in [1.807, 2.05) is 0 Å². The second-order valence-electron chi connectivity index (χ2n) is 3.11. The summed E-state index contributed by atoms with van der Waals surface area (Å²) in [5.41, 5.74) is -0.473. The van der Waals surface area contributed by atoms with Crippen molar-refractivity contribution in [2.45, 2.75) is 6.42 Å². The van der Waals surface area contributed by atoms with Crippen LogP contribution in [0.25, 0.3) is 0 Å². The van der Waals surface area contributed by atoms with E-state index >= 15 is 0 Å². The summed E-state index contributed by atoms with van der Waals surface area (Å²) in [6, 6.07) is 0. The van der Waals surface area contributed by atoms with Crippen molar-refractivity contribution in [1.29, 1.82) is 0 Å². The maximum Gasteiger partial charge on any atom is 0.334 e. The lowest BCUT2D eigenvalue weighted by atomic mass is 10.3. The minimum Gasteiger partial charge on any atom is -0.462 e. The Labute approximate surface area is 98.8 Å². The van der Waals surface area contributed by atoms with E-state index in [4.69, 9.17) is 9.11 Å². The third-order valence-electron chi connectivity index (χ3n) is 1.43. The van der Waals surface area contributed by atoms with Crippen LogP contribution < -0.4 is 0 Å². The zero-order valence-electron chi connectivity index (χ0n) is 8.70. The van der Waals surface area contributed by atoms with Crippen LogP contribution in [0.1, 0.15) is 6.42 Å². The molecule has 10 heteroatoms. The fourth-order valence-electron chi connectivity index (χ4n) is 0.787. The minimum absolute atomic E-state index is 0.135. The molecule has 2 N–H and O–H groups in total. The second kappa shape index (κ2) is 6.10. The normalized spacial score (nSPS) is 12.1. The fourth-order valence-corrected chi connectivity index (χ4v) is 1.83. The zero-order valence-corrected chi connectivity index (χ0v) is 10.3. The molecule has 0 bridgehead atoms. The molecule has 0 aromatic heterocycles. The smallest absolute Gasteiger partial charge is 0.334 e. The predicted molar refractivity (Wildman–Crippen MR) is 57.5 cm³/mol. The van der Waals surface area contributed by atoms with Gasteiger partial charge in [-0.2, -0.15) is 16.8 Å². The molecule has 0 saturated carbocycles. The Bertz CT molecular complexity index is 486. The van der Waals surface area contributed by atoms with Crippen molar-refractivity contribution in [3.05, 3.63) is 12.2 Å². The molecule has 100 valence electrons. The highest BCUT2D eigenvalue weighted by molar-refractivity contribution is 7.86. The second-order valence-corrected chi connectivity index (χ2v) is 6.13. The zero-order chi connectivity index (χ0) is 13.7. The van der Waals surface area contributed by atoms with Crippen LogP contribution in [0.5, 0.6) is 0 Å². The van der Waals surface area contributed by atoms with Gasteiger partial charge in [0.05, 0.1) is 12.4 Å². The maximum absolute atomic E-state index is 11.0. The molecule has 0 aliphatic heterocycles. The molecule has 0 aliphatic carbocycles. The number of hydrogen-bond acceptors (Lipinski definition) is 6. The number of carbonyl (C=O) groups is 1. The Morgan fingerprint density at radius 2 is 1.65 bits per heavy atom. The van der Waals surface area contributed by atoms with E-state index < -0.39 is 43.3 Å². The van der Waals surface area contributed by atoms with E-state index in [1.54, 1.807) is 0 Å². The van der Waals surface area contributed by atoms with Gasteiger partial charge < -0.3 is 4.74 Å². The summed E-state index contributed by atoms with van der Waals surface area (Å²) in [4.78, 5) is 11.0. The molecule has 0 aliphatic rings. The number of esters is 1. The molecule has 0 rings (SSSR count). The monoisotopic (exact) mass is 288 g/mol. The van der Waals surface area contributed by atoms with Gasteiger partial charge in [0.1, 0.15) is 5.75 Å². The molecule has 0 saturated heterocycles. The lowest BCUT2D eigenvalue weighted by molar-refractivity contribution is -0.138. The molecular formula is C7H12O8S2. The first-order valence-corrected chi connectivity index (χ1v) is 7.48. The van der Waals surface area contributed by atoms with Crippen molar-refractivity contribution in [2.75, 3.05) is 18.1 Å². The topological polar surface area (TPSA) is 135 Å². The van der Waals surface area contributed by atoms with Crippen LogP contribution >= 0.6 is 0 Å². The molecule has 0 aromatic carbocycles. The molecule has 0 aromatic rings. The molecular weight excluding hydrogens is 276 g/mol. The molecule has 0 heterocycles. The van der Waals surface area contributed by atoms with E-state index in [-0.39, 0.29) is 13.0 Å². The van der Waals surface area contributed by atoms with Crippen molar-refractivity contribution in [3.8, 4) is 0 Å². The summed E-state index contributed by atoms with van der Waals surface area (Å²) >= 11 is 0. The molecule has 0 radical (unpaired) electrons. The van der Waals surface area contributed by atoms with Crippen molar-refractivity contribution >= 4 is 26.2 Å². The Morgan fingerprint density at radius 1 is 1.12 bits per heavy atom. The average molecular weight is 288 g/mol. The Balaban J connectivity index is 4.00. The molecule has 0 unspecified atom stereocenters. The van der Waals surface area contributed by atoms with Crippen molar-refractivity contribution in [3.63, 3.8) is 0 Å². The summed E-state index contributed by atoms with van der Waals surface area (Å²) in [6.07, 6.45) is -0.135. The lowest BCUT2D eigenvalue weighted by Gasteiger charge is -2.05. The summed E-state index contributed by atoms with van der Waals surface area (Å²) in [5.74, 6) is -2.59. The van der Waals surface area contributed by atoms with Crippen LogP contribution in [-0.4, -0.2) is 50.0 Å². The summed E-state index contributed by atoms with van der Waals surface area (Å²) in [6.45, 7) is 2.77. The Hall–Kier alpha value is -0.970. The molecule has 0 atom stereocenters. The van der Waals surface area contributed by atoms with Crippen molar-refractivity contribution < 1.29 is 35.5 Å². The lowest BCUT2D eigenvalue weighted by Crippen LogP contribution is -2.17. The summed E-state index contributed by atoms with van der Waals surface area (Å²) < 4.78 is 62.5. The summed E-state index contributed by atoms with van der Waals surface area (Å²) in [5, 5.41) is 0. The van der Waals surface area contributed by atoms with Crippen LogP contribution in [0, 0.1) is 0 Å². The quantitative estimate of drug-likeness (QED) is 0.270. The third-order valence-corrected chi connectivity index (χ3v) is 2.94. The van der Waals surface area contributed by atoms with Crippen LogP contribution in [0.3, 0.4) is 0 Å². The van der Waals surface area contributed by atoms with Gasteiger partial charge >= 0.3 is 5.97 Å². The van der Waals surface area contributed by atoms with Gasteiger partial charge in [-0.15, -0.1) is 0 Å². The van der Waals surface area contributed by atoms with Gasteiger partial charge in [0.25, 0.3) is 20.2 Å². The fraction of sp³-hybridized carbons (Fsp3) is 0.571. The van der Waals surface area contributed by atoms with Crippen molar-refractivity contribution in [2.24, 2.45) is 0 Å². The Kier molecular flexibility index (Phi) is 5.75. The first-order chi connectivity index (χ1) is 7.51. The minimum atomic E-state index is -4.36. The largest absolute Gasteiger partial charge is 0.462 e. The molecule has 0 amide bonds. The first kappa shape index (κ1) is 16.0. The van der Waals surface area contributed by atoms with E-state index in [0.717, 1.165) is 0 Å². The van der Waals surface area contributed by atoms with Crippen LogP contribution in [-0.2, 0) is 29.8 Å². The third kappa shape index (κ3) is 9.93. The number of ether oxygens (including phenoxy) is 1. The highest BCUT2D eigenvalue weighted by Gasteiger charge is 2.16. The van der Waals surface area contributed by atoms with Crippen LogP contribution in [0.15, 0.2) is 12.2 Å². The number of carbonyl (C=O) groups excluding carboxylic acids is 1. The van der Waals surface area contributed by atoms with Gasteiger partial charge in [-0.1, -0.05) is 6.58 Å². The van der Waals surface area contributed by atoms with Crippen LogP contribution in [0.2, 0.25) is 0 Å². The predicted octanol–water partition coefficient (Wildman–Crippen LogP) is -0.748. The standard InChI is InChI=1S/C7H12O8S2/c1-6(5-17(12,13)14)7(8)15-3-2-4-16(9,10)11/h1-5H2,(H,9,10,11)(H,12,13,14). The highest BCUT2D eigenvalue weighted by Crippen LogP contribution is 2.00. The highest BCUT2D eigenvalue weighted by atomic mass is 32.2. The average Bonchev–Trinajstić information content (AvgIpc) is 2.07. The van der Waals surface area contributed by atoms with Gasteiger partial charge in [-0.3, -0.25) is 9.11 Å². The van der Waals surface area contributed by atoms with E-state index in [1.165, 1.54) is 0 Å². The SMILES string of the molecule is C=C(CS(=O)(=O)O)C(=O)OCCCS(=O)(=O)O. The van der Waals surface area contributed by atoms with E-state index in [0.29, 0.717) is 0 Å². The van der Waals surface area contributed by atoms with Crippen LogP contribution in [0.4, 0.5) is 0 Å². The maximum atomic E-state index is 11.0.